The van der Waals surface area contributed by atoms with Crippen LogP contribution in [0, 0.1) is 6.92 Å². The summed E-state index contributed by atoms with van der Waals surface area (Å²) in [5.41, 5.74) is 2.72. The number of nitrogens with zero attached hydrogens (tertiary/aromatic N) is 4. The van der Waals surface area contributed by atoms with Crippen molar-refractivity contribution < 1.29 is 0 Å². The van der Waals surface area contributed by atoms with Gasteiger partial charge in [-0.3, -0.25) is 9.38 Å². The van der Waals surface area contributed by atoms with Crippen molar-refractivity contribution >= 4 is 33.2 Å². The minimum Gasteiger partial charge on any atom is -0.262 e. The summed E-state index contributed by atoms with van der Waals surface area (Å²) >= 11 is 9.67. The second-order valence-corrected chi connectivity index (χ2v) is 5.10. The van der Waals surface area contributed by atoms with Crippen molar-refractivity contribution in [3.05, 3.63) is 45.8 Å². The molecule has 0 atom stereocenters. The van der Waals surface area contributed by atoms with Crippen LogP contribution in [0.1, 0.15) is 5.56 Å². The van der Waals surface area contributed by atoms with Gasteiger partial charge in [-0.2, -0.15) is 0 Å². The average molecular weight is 324 g/mol. The summed E-state index contributed by atoms with van der Waals surface area (Å²) in [6.07, 6.45) is 3.21. The monoisotopic (exact) mass is 322 g/mol. The van der Waals surface area contributed by atoms with Gasteiger partial charge in [-0.05, 0) is 18.6 Å². The van der Waals surface area contributed by atoms with Gasteiger partial charge in [-0.1, -0.05) is 39.7 Å². The van der Waals surface area contributed by atoms with Crippen LogP contribution >= 0.6 is 27.5 Å². The molecule has 0 aliphatic rings. The van der Waals surface area contributed by atoms with Gasteiger partial charge in [0.15, 0.2) is 11.5 Å². The lowest BCUT2D eigenvalue weighted by molar-refractivity contribution is 1.10. The number of fused-ring (bicyclic) bond motifs is 1. The molecule has 0 saturated carbocycles. The lowest BCUT2D eigenvalue weighted by atomic mass is 10.1. The van der Waals surface area contributed by atoms with Crippen LogP contribution in [-0.4, -0.2) is 19.6 Å². The van der Waals surface area contributed by atoms with Gasteiger partial charge in [-0.25, -0.2) is 0 Å². The average Bonchev–Trinajstić information content (AvgIpc) is 2.78. The molecule has 0 unspecified atom stereocenters. The van der Waals surface area contributed by atoms with Crippen molar-refractivity contribution in [2.75, 3.05) is 0 Å². The predicted molar refractivity (Wildman–Crippen MR) is 73.7 cm³/mol. The molecule has 0 saturated heterocycles. The number of hydrogen-bond donors (Lipinski definition) is 0. The molecule has 0 bridgehead atoms. The Morgan fingerprint density at radius 3 is 2.89 bits per heavy atom. The summed E-state index contributed by atoms with van der Waals surface area (Å²) < 4.78 is 2.81. The fourth-order valence-corrected chi connectivity index (χ4v) is 2.43. The molecule has 18 heavy (non-hydrogen) atoms. The van der Waals surface area contributed by atoms with E-state index < -0.39 is 0 Å². The molecule has 0 radical (unpaired) electrons. The first-order valence-corrected chi connectivity index (χ1v) is 6.45. The molecule has 0 aliphatic heterocycles. The predicted octanol–water partition coefficient (Wildman–Crippen LogP) is 3.52. The summed E-state index contributed by atoms with van der Waals surface area (Å²) in [4.78, 5) is 3.99. The van der Waals surface area contributed by atoms with E-state index in [1.165, 1.54) is 0 Å². The van der Waals surface area contributed by atoms with Crippen molar-refractivity contribution in [2.45, 2.75) is 6.92 Å². The summed E-state index contributed by atoms with van der Waals surface area (Å²) in [7, 11) is 0. The van der Waals surface area contributed by atoms with Crippen LogP contribution in [0.5, 0.6) is 0 Å². The Kier molecular flexibility index (Phi) is 2.80. The van der Waals surface area contributed by atoms with Crippen LogP contribution < -0.4 is 0 Å². The first-order valence-electron chi connectivity index (χ1n) is 5.28. The van der Waals surface area contributed by atoms with Crippen LogP contribution in [0.3, 0.4) is 0 Å². The van der Waals surface area contributed by atoms with Crippen molar-refractivity contribution in [3.63, 3.8) is 0 Å². The van der Waals surface area contributed by atoms with E-state index in [1.54, 1.807) is 16.8 Å². The number of rotatable bonds is 1. The summed E-state index contributed by atoms with van der Waals surface area (Å²) in [6, 6.07) is 5.95. The van der Waals surface area contributed by atoms with E-state index >= 15 is 0 Å². The highest BCUT2D eigenvalue weighted by atomic mass is 79.9. The molecular weight excluding hydrogens is 316 g/mol. The third-order valence-corrected chi connectivity index (χ3v) is 3.91. The van der Waals surface area contributed by atoms with Crippen molar-refractivity contribution in [3.8, 4) is 11.4 Å². The van der Waals surface area contributed by atoms with Crippen LogP contribution in [0.15, 0.2) is 35.1 Å². The third kappa shape index (κ3) is 1.71. The summed E-state index contributed by atoms with van der Waals surface area (Å²) in [5.74, 6) is 0.719. The highest BCUT2D eigenvalue weighted by Crippen LogP contribution is 2.28. The van der Waals surface area contributed by atoms with Gasteiger partial charge in [-0.15, -0.1) is 10.2 Å². The zero-order chi connectivity index (χ0) is 12.7. The Bertz CT molecular complexity index is 738. The fourth-order valence-electron chi connectivity index (χ4n) is 1.84. The Balaban J connectivity index is 2.36. The van der Waals surface area contributed by atoms with Crippen LogP contribution in [0.4, 0.5) is 0 Å². The maximum absolute atomic E-state index is 6.15. The standard InChI is InChI=1S/C12H8BrClN4/c1-7-8(3-2-4-9(7)13)12-17-16-11-6-15-5-10(14)18(11)12/h2-6H,1H3. The van der Waals surface area contributed by atoms with Crippen molar-refractivity contribution in [2.24, 2.45) is 0 Å². The number of halogens is 2. The number of hydrogen-bond acceptors (Lipinski definition) is 3. The molecule has 0 amide bonds. The molecule has 0 spiro atoms. The molecule has 2 heterocycles. The van der Waals surface area contributed by atoms with Gasteiger partial charge in [0, 0.05) is 10.0 Å². The number of benzene rings is 1. The second-order valence-electron chi connectivity index (χ2n) is 3.86. The van der Waals surface area contributed by atoms with Crippen molar-refractivity contribution in [1.29, 1.82) is 0 Å². The van der Waals surface area contributed by atoms with Gasteiger partial charge in [0.2, 0.25) is 0 Å². The molecule has 90 valence electrons. The van der Waals surface area contributed by atoms with E-state index in [1.807, 2.05) is 25.1 Å². The maximum atomic E-state index is 6.15. The van der Waals surface area contributed by atoms with E-state index in [0.717, 1.165) is 21.4 Å². The molecule has 1 aromatic carbocycles. The lowest BCUT2D eigenvalue weighted by Gasteiger charge is -2.06. The minimum absolute atomic E-state index is 0.492. The van der Waals surface area contributed by atoms with E-state index in [-0.39, 0.29) is 0 Å². The highest BCUT2D eigenvalue weighted by molar-refractivity contribution is 9.10. The molecule has 3 rings (SSSR count). The van der Waals surface area contributed by atoms with E-state index in [4.69, 9.17) is 11.6 Å². The normalized spacial score (nSPS) is 11.1. The molecule has 2 aromatic heterocycles. The minimum atomic E-state index is 0.492. The number of aromatic nitrogens is 4. The second kappa shape index (κ2) is 4.33. The largest absolute Gasteiger partial charge is 0.262 e. The summed E-state index contributed by atoms with van der Waals surface area (Å²) in [6.45, 7) is 2.02. The molecular formula is C12H8BrClN4. The maximum Gasteiger partial charge on any atom is 0.180 e. The molecule has 6 heteroatoms. The molecule has 3 aromatic rings. The Morgan fingerprint density at radius 1 is 1.22 bits per heavy atom. The van der Waals surface area contributed by atoms with E-state index in [0.29, 0.717) is 10.8 Å². The Morgan fingerprint density at radius 2 is 2.06 bits per heavy atom. The zero-order valence-electron chi connectivity index (χ0n) is 9.43. The van der Waals surface area contributed by atoms with Crippen LogP contribution in [-0.2, 0) is 0 Å². The highest BCUT2D eigenvalue weighted by Gasteiger charge is 2.13. The first kappa shape index (κ1) is 11.6. The smallest absolute Gasteiger partial charge is 0.180 e. The molecule has 0 fully saturated rings. The van der Waals surface area contributed by atoms with Gasteiger partial charge >= 0.3 is 0 Å². The van der Waals surface area contributed by atoms with Gasteiger partial charge < -0.3 is 0 Å². The van der Waals surface area contributed by atoms with Gasteiger partial charge in [0.25, 0.3) is 0 Å². The molecule has 0 N–H and O–H groups in total. The zero-order valence-corrected chi connectivity index (χ0v) is 11.8. The first-order chi connectivity index (χ1) is 8.68. The van der Waals surface area contributed by atoms with Gasteiger partial charge in [0.1, 0.15) is 5.15 Å². The quantitative estimate of drug-likeness (QED) is 0.688. The van der Waals surface area contributed by atoms with Gasteiger partial charge in [0.05, 0.1) is 12.4 Å². The third-order valence-electron chi connectivity index (χ3n) is 2.78. The summed E-state index contributed by atoms with van der Waals surface area (Å²) in [5, 5.41) is 8.77. The molecule has 0 aliphatic carbocycles. The topological polar surface area (TPSA) is 43.1 Å². The Hall–Kier alpha value is -1.46. The van der Waals surface area contributed by atoms with E-state index in [2.05, 4.69) is 31.1 Å². The molecule has 4 nitrogen and oxygen atoms in total. The van der Waals surface area contributed by atoms with Crippen LogP contribution in [0.2, 0.25) is 5.15 Å². The van der Waals surface area contributed by atoms with Crippen LogP contribution in [0.25, 0.3) is 17.0 Å². The van der Waals surface area contributed by atoms with E-state index in [9.17, 15) is 0 Å². The lowest BCUT2D eigenvalue weighted by Crippen LogP contribution is -1.94. The fraction of sp³-hybridized carbons (Fsp3) is 0.0833. The van der Waals surface area contributed by atoms with Crippen molar-refractivity contribution in [1.82, 2.24) is 19.6 Å². The Labute approximate surface area is 117 Å². The SMILES string of the molecule is Cc1c(Br)cccc1-c1nnc2cncc(Cl)n12.